The van der Waals surface area contributed by atoms with Gasteiger partial charge in [0.25, 0.3) is 0 Å². The first-order valence-corrected chi connectivity index (χ1v) is 56.3. The van der Waals surface area contributed by atoms with Crippen molar-refractivity contribution in [2.24, 2.45) is 84.7 Å². The molecule has 16 heteroatoms. The first kappa shape index (κ1) is 146. The molecule has 0 aliphatic carbocycles. The zero-order valence-electron chi connectivity index (χ0n) is 99.0. The number of ether oxygens (including phenoxy) is 8. The second-order valence-electron chi connectivity index (χ2n) is 45.8. The van der Waals surface area contributed by atoms with Crippen LogP contribution in [0.3, 0.4) is 0 Å². The van der Waals surface area contributed by atoms with E-state index in [1.54, 1.807) is 0 Å². The minimum atomic E-state index is -0.365. The van der Waals surface area contributed by atoms with Crippen LogP contribution in [0.15, 0.2) is 0 Å². The van der Waals surface area contributed by atoms with E-state index in [1.807, 2.05) is 166 Å². The van der Waals surface area contributed by atoms with Gasteiger partial charge < -0.3 is 37.9 Å². The first-order valence-electron chi connectivity index (χ1n) is 56.3. The predicted octanol–water partition coefficient (Wildman–Crippen LogP) is 36.3. The molecule has 0 N–H and O–H groups in total. The van der Waals surface area contributed by atoms with Gasteiger partial charge in [-0.15, -0.1) is 0 Å². The number of hydrogen-bond donors (Lipinski definition) is 0. The van der Waals surface area contributed by atoms with Gasteiger partial charge in [-0.2, -0.15) is 0 Å². The second-order valence-corrected chi connectivity index (χ2v) is 45.8. The Morgan fingerprint density at radius 1 is 0.207 bits per heavy atom. The Kier molecular flexibility index (Phi) is 90.1. The Morgan fingerprint density at radius 2 is 0.430 bits per heavy atom. The summed E-state index contributed by atoms with van der Waals surface area (Å²) in [7, 11) is 0. The molecule has 0 saturated heterocycles. The summed E-state index contributed by atoms with van der Waals surface area (Å²) < 4.78 is 45.2. The average molecular weight is 1930 g/mol. The van der Waals surface area contributed by atoms with Crippen LogP contribution in [-0.2, 0) is 76.3 Å². The smallest absolute Gasteiger partial charge is 0.311 e. The lowest BCUT2D eigenvalue weighted by Crippen LogP contribution is -2.38. The fourth-order valence-corrected chi connectivity index (χ4v) is 13.6. The molecule has 0 spiro atoms. The summed E-state index contributed by atoms with van der Waals surface area (Å²) in [5, 5.41) is 0. The topological polar surface area (TPSA) is 210 Å². The van der Waals surface area contributed by atoms with Crippen LogP contribution < -0.4 is 0 Å². The Morgan fingerprint density at radius 3 is 0.674 bits per heavy atom. The third-order valence-electron chi connectivity index (χ3n) is 28.2. The molecule has 0 saturated carbocycles. The predicted molar refractivity (Wildman–Crippen MR) is 579 cm³/mol. The summed E-state index contributed by atoms with van der Waals surface area (Å²) in [5.74, 6) is 3.06. The fraction of sp³-hybridized carbons (Fsp3) is 0.933. The summed E-state index contributed by atoms with van der Waals surface area (Å²) >= 11 is 0. The van der Waals surface area contributed by atoms with E-state index in [9.17, 15) is 38.4 Å². The Hall–Kier alpha value is -4.24. The highest BCUT2D eigenvalue weighted by Gasteiger charge is 2.38. The van der Waals surface area contributed by atoms with Crippen molar-refractivity contribution < 1.29 is 76.3 Å². The minimum Gasteiger partial charge on any atom is -0.465 e. The number of carbonyl (C=O) groups excluding carboxylic acids is 8. The summed E-state index contributed by atoms with van der Waals surface area (Å²) in [6, 6.07) is 0. The highest BCUT2D eigenvalue weighted by Crippen LogP contribution is 2.35. The molecule has 0 heterocycles. The number of esters is 8. The molecule has 810 valence electrons. The first-order chi connectivity index (χ1) is 62.6. The number of rotatable bonds is 65. The van der Waals surface area contributed by atoms with E-state index in [-0.39, 0.29) is 134 Å². The summed E-state index contributed by atoms with van der Waals surface area (Å²) in [6.45, 7) is 95.7. The van der Waals surface area contributed by atoms with Crippen molar-refractivity contribution >= 4 is 47.8 Å². The molecule has 0 aliphatic heterocycles. The summed E-state index contributed by atoms with van der Waals surface area (Å²) in [4.78, 5) is 96.0. The van der Waals surface area contributed by atoms with Crippen molar-refractivity contribution in [3.05, 3.63) is 0 Å². The number of hydrogen-bond acceptors (Lipinski definition) is 16. The van der Waals surface area contributed by atoms with Gasteiger partial charge in [0, 0.05) is 0 Å². The van der Waals surface area contributed by atoms with Gasteiger partial charge in [-0.25, -0.2) is 0 Å². The maximum atomic E-state index is 12.4. The summed E-state index contributed by atoms with van der Waals surface area (Å²) in [5.41, 5.74) is -2.76. The third kappa shape index (κ3) is 72.6. The van der Waals surface area contributed by atoms with Gasteiger partial charge in [-0.05, 0) is 319 Å². The Labute approximate surface area is 841 Å². The summed E-state index contributed by atoms with van der Waals surface area (Å²) in [6.07, 6.45) is 45.3. The van der Waals surface area contributed by atoms with E-state index in [4.69, 9.17) is 37.9 Å². The molecule has 16 nitrogen and oxygen atoms in total. The van der Waals surface area contributed by atoms with Crippen molar-refractivity contribution in [2.45, 2.75) is 631 Å². The maximum absolute atomic E-state index is 12.4. The van der Waals surface area contributed by atoms with E-state index in [0.29, 0.717) is 48.0 Å². The molecule has 0 fully saturated rings. The van der Waals surface area contributed by atoms with E-state index in [2.05, 4.69) is 152 Å². The molecule has 0 aliphatic rings. The van der Waals surface area contributed by atoms with Gasteiger partial charge in [0.15, 0.2) is 0 Å². The van der Waals surface area contributed by atoms with Crippen LogP contribution in [-0.4, -0.2) is 97.1 Å². The van der Waals surface area contributed by atoms with Crippen molar-refractivity contribution in [3.63, 3.8) is 0 Å². The van der Waals surface area contributed by atoms with Gasteiger partial charge in [0.05, 0.1) is 49.9 Å². The van der Waals surface area contributed by atoms with Crippen molar-refractivity contribution in [3.8, 4) is 0 Å². The van der Waals surface area contributed by atoms with Crippen LogP contribution in [0.2, 0.25) is 0 Å². The van der Waals surface area contributed by atoms with Crippen LogP contribution in [0.1, 0.15) is 588 Å². The van der Waals surface area contributed by atoms with Crippen molar-refractivity contribution in [2.75, 3.05) is 6.61 Å². The fourth-order valence-electron chi connectivity index (χ4n) is 13.6. The molecule has 2 atom stereocenters. The standard InChI is InChI=1S/2C17H34O2.3C15H30O2.C14H28O2.2C13H26O2/c1-8-13(9-2)15(14(10-3)11-4)19-16(18)17(6,7)12-5;1-6-9-11-13-15(14-12-10-7-2)19-16(18)17(4,5)8-3;1-8-15(6,7)14(16)17-13(9-11(2)3)10-12(4)5;1-6-9-10-11-12-13(7-2)17-14(16)15(4,5)8-3;1-6-9-11-13(12-10-7-2)17-14(16)15(4,5)8-3;1-6-9-10-12(7-2)11-16-13(15)14(4,5)8-3;1-8-13(6,7)12(14)15-11(9(2)3)10(4)5;1-6-9-11(10-7-2)15-12(14)13(4,5)8-3/h13-15H,8-12H2,1-7H3;15H,6-14H2,1-5H3;11-13H,8-10H2,1-7H3;2*13H,6-12H2,1-5H3;12H,6-11H2,1-5H3;9-11H,8H2,1-7H3;11H,6-10H2,1-5H3. The molecule has 0 amide bonds. The van der Waals surface area contributed by atoms with Gasteiger partial charge in [-0.1, -0.05) is 310 Å². The van der Waals surface area contributed by atoms with Crippen molar-refractivity contribution in [1.82, 2.24) is 0 Å². The molecular weight excluding hydrogens is 1690 g/mol. The molecule has 135 heavy (non-hydrogen) atoms. The van der Waals surface area contributed by atoms with E-state index in [1.165, 1.54) is 83.5 Å². The third-order valence-corrected chi connectivity index (χ3v) is 28.2. The minimum absolute atomic E-state index is 0.0204. The van der Waals surface area contributed by atoms with Crippen LogP contribution in [0.25, 0.3) is 0 Å². The van der Waals surface area contributed by atoms with Crippen LogP contribution in [0, 0.1) is 84.7 Å². The molecule has 0 bridgehead atoms. The number of carbonyl (C=O) groups is 8. The van der Waals surface area contributed by atoms with Crippen molar-refractivity contribution in [1.29, 1.82) is 0 Å². The number of unbranched alkanes of at least 4 members (excludes halogenated alkanes) is 10. The maximum Gasteiger partial charge on any atom is 0.311 e. The molecule has 0 aromatic heterocycles. The zero-order chi connectivity index (χ0) is 107. The average Bonchev–Trinajstić information content (AvgIpc) is 0.843. The van der Waals surface area contributed by atoms with Crippen LogP contribution >= 0.6 is 0 Å². The van der Waals surface area contributed by atoms with Gasteiger partial charge >= 0.3 is 47.8 Å². The quantitative estimate of drug-likeness (QED) is 0.0315. The Balaban J connectivity index is -0.000000228. The van der Waals surface area contributed by atoms with Crippen LogP contribution in [0.5, 0.6) is 0 Å². The van der Waals surface area contributed by atoms with E-state index in [0.717, 1.165) is 186 Å². The van der Waals surface area contributed by atoms with E-state index >= 15 is 0 Å². The molecule has 0 aromatic carbocycles. The molecular formula is C119H238O16. The van der Waals surface area contributed by atoms with E-state index < -0.39 is 0 Å². The SMILES string of the molecule is CCC(C)(C)C(=O)OC(C(C)C)C(C)C.CCC(C)(C)C(=O)OC(CC(C)C)CC(C)C.CCC(CC)C(OC(=O)C(C)(C)CC)C(CC)CC.CCCC(CCC)OC(=O)C(C)(C)CC.CCCCC(CC)COC(=O)C(C)(C)CC.CCCCC(CCCC)OC(=O)C(C)(C)CC.CCCCCC(CCCCC)OC(=O)C(C)(C)CC.CCCCCCC(CC)OC(=O)C(C)(C)CC. The largest absolute Gasteiger partial charge is 0.465 e. The molecule has 2 unspecified atom stereocenters. The molecule has 0 aromatic rings. The van der Waals surface area contributed by atoms with Gasteiger partial charge in [0.2, 0.25) is 0 Å². The Bertz CT molecular complexity index is 2800. The highest BCUT2D eigenvalue weighted by atomic mass is 16.6. The monoisotopic (exact) mass is 1920 g/mol. The second kappa shape index (κ2) is 83.2. The molecule has 0 radical (unpaired) electrons. The lowest BCUT2D eigenvalue weighted by atomic mass is 9.83. The van der Waals surface area contributed by atoms with Gasteiger partial charge in [0.1, 0.15) is 42.7 Å². The molecule has 0 rings (SSSR count). The van der Waals surface area contributed by atoms with Crippen LogP contribution in [0.4, 0.5) is 0 Å². The lowest BCUT2D eigenvalue weighted by molar-refractivity contribution is -0.167. The highest BCUT2D eigenvalue weighted by molar-refractivity contribution is 5.79. The zero-order valence-corrected chi connectivity index (χ0v) is 99.0. The van der Waals surface area contributed by atoms with Gasteiger partial charge in [-0.3, -0.25) is 38.4 Å². The normalized spacial score (nSPS) is 12.5. The lowest BCUT2D eigenvalue weighted by Gasteiger charge is -2.34.